The molecule has 1 aliphatic carbocycles. The zero-order valence-corrected chi connectivity index (χ0v) is 11.5. The Bertz CT molecular complexity index is 450. The van der Waals surface area contributed by atoms with Gasteiger partial charge in [0.15, 0.2) is 0 Å². The van der Waals surface area contributed by atoms with Crippen LogP contribution in [0.1, 0.15) is 32.1 Å². The summed E-state index contributed by atoms with van der Waals surface area (Å²) in [5.74, 6) is 0.271. The van der Waals surface area contributed by atoms with E-state index >= 15 is 0 Å². The maximum atomic E-state index is 12.1. The molecule has 1 saturated carbocycles. The highest BCUT2D eigenvalue weighted by atomic mass is 16.5. The summed E-state index contributed by atoms with van der Waals surface area (Å²) >= 11 is 0. The first kappa shape index (κ1) is 13.4. The van der Waals surface area contributed by atoms with Crippen LogP contribution in [-0.4, -0.2) is 37.5 Å². The van der Waals surface area contributed by atoms with E-state index in [-0.39, 0.29) is 17.7 Å². The van der Waals surface area contributed by atoms with Gasteiger partial charge in [0, 0.05) is 5.92 Å². The van der Waals surface area contributed by atoms with Gasteiger partial charge in [0.25, 0.3) is 6.20 Å². The van der Waals surface area contributed by atoms with E-state index in [1.165, 1.54) is 6.42 Å². The molecule has 7 heteroatoms. The van der Waals surface area contributed by atoms with Gasteiger partial charge < -0.3 is 19.4 Å². The Morgan fingerprint density at radius 1 is 1.30 bits per heavy atom. The van der Waals surface area contributed by atoms with Crippen molar-refractivity contribution in [3.63, 3.8) is 0 Å². The lowest BCUT2D eigenvalue weighted by atomic mass is 9.89. The average molecular weight is 280 g/mol. The minimum Gasteiger partial charge on any atom is -0.588 e. The number of ether oxygens (including phenoxy) is 1. The third-order valence-corrected chi connectivity index (χ3v) is 3.90. The third-order valence-electron chi connectivity index (χ3n) is 3.90. The van der Waals surface area contributed by atoms with Gasteiger partial charge in [-0.3, -0.25) is 0 Å². The Kier molecular flexibility index (Phi) is 4.15. The summed E-state index contributed by atoms with van der Waals surface area (Å²) in [6.07, 6.45) is 7.02. The number of morpholine rings is 1. The van der Waals surface area contributed by atoms with Crippen LogP contribution in [0.3, 0.4) is 0 Å². The van der Waals surface area contributed by atoms with Crippen molar-refractivity contribution in [1.82, 2.24) is 5.27 Å². The van der Waals surface area contributed by atoms with Crippen molar-refractivity contribution >= 4 is 11.8 Å². The van der Waals surface area contributed by atoms with Crippen molar-refractivity contribution in [2.45, 2.75) is 32.1 Å². The van der Waals surface area contributed by atoms with Gasteiger partial charge in [-0.1, -0.05) is 19.3 Å². The first-order valence-electron chi connectivity index (χ1n) is 7.30. The van der Waals surface area contributed by atoms with Crippen molar-refractivity contribution in [2.24, 2.45) is 5.92 Å². The molecule has 0 aromatic carbocycles. The number of amides is 1. The summed E-state index contributed by atoms with van der Waals surface area (Å²) in [4.78, 5) is 13.7. The van der Waals surface area contributed by atoms with Gasteiger partial charge in [0.1, 0.15) is 5.88 Å². The van der Waals surface area contributed by atoms with Gasteiger partial charge >= 0.3 is 0 Å². The van der Waals surface area contributed by atoms with Crippen LogP contribution in [0.4, 0.5) is 5.88 Å². The lowest BCUT2D eigenvalue weighted by Crippen LogP contribution is -2.62. The molecule has 0 spiro atoms. The summed E-state index contributed by atoms with van der Waals surface area (Å²) in [7, 11) is 0. The fourth-order valence-corrected chi connectivity index (χ4v) is 2.72. The number of hydrogen-bond donors (Lipinski definition) is 0. The fraction of sp³-hybridized carbons (Fsp3) is 0.769. The molecule has 0 bridgehead atoms. The molecule has 1 aromatic heterocycles. The lowest BCUT2D eigenvalue weighted by molar-refractivity contribution is -0.759. The van der Waals surface area contributed by atoms with Gasteiger partial charge in [-0.2, -0.15) is 0 Å². The monoisotopic (exact) mass is 280 g/mol. The van der Waals surface area contributed by atoms with Crippen LogP contribution in [-0.2, 0) is 9.53 Å². The predicted octanol–water partition coefficient (Wildman–Crippen LogP) is 1.04. The molecule has 2 heterocycles. The number of rotatable bonds is 3. The van der Waals surface area contributed by atoms with E-state index in [0.717, 1.165) is 38.8 Å². The Labute approximate surface area is 117 Å². The first-order valence-corrected chi connectivity index (χ1v) is 7.30. The molecule has 0 N–H and O–H groups in total. The van der Waals surface area contributed by atoms with Gasteiger partial charge in [-0.15, -0.1) is 5.01 Å². The molecular weight excluding hydrogens is 260 g/mol. The summed E-state index contributed by atoms with van der Waals surface area (Å²) < 4.78 is 10.4. The smallest absolute Gasteiger partial charge is 0.257 e. The Morgan fingerprint density at radius 2 is 2.05 bits per heavy atom. The van der Waals surface area contributed by atoms with Crippen LogP contribution in [0.2, 0.25) is 0 Å². The molecule has 0 radical (unpaired) electrons. The van der Waals surface area contributed by atoms with E-state index in [9.17, 15) is 4.79 Å². The van der Waals surface area contributed by atoms with Gasteiger partial charge in [-0.25, -0.2) is 0 Å². The second-order valence-electron chi connectivity index (χ2n) is 5.31. The molecule has 1 aromatic rings. The van der Waals surface area contributed by atoms with Crippen molar-refractivity contribution in [2.75, 3.05) is 31.3 Å². The zero-order chi connectivity index (χ0) is 13.8. The van der Waals surface area contributed by atoms with E-state index in [4.69, 9.17) is 9.26 Å². The van der Waals surface area contributed by atoms with Crippen LogP contribution >= 0.6 is 0 Å². The number of carbonyl (C=O) groups excluding carboxylic acids is 1. The summed E-state index contributed by atoms with van der Waals surface area (Å²) in [6, 6.07) is 0. The second-order valence-corrected chi connectivity index (χ2v) is 5.31. The van der Waals surface area contributed by atoms with Crippen LogP contribution in [0.25, 0.3) is 5.32 Å². The Balaban J connectivity index is 1.57. The van der Waals surface area contributed by atoms with Crippen LogP contribution in [0, 0.1) is 5.92 Å². The second kappa shape index (κ2) is 6.21. The molecule has 7 nitrogen and oxygen atoms in total. The third kappa shape index (κ3) is 3.09. The minimum atomic E-state index is -0.0741. The standard InChI is InChI=1S/C13H20N4O3/c18-13(11-4-2-1-3-5-11)14-12-10-17(15-20-12)16-6-8-19-9-7-16/h10-11H,1-9H2. The molecule has 0 atom stereocenters. The quantitative estimate of drug-likeness (QED) is 0.773. The van der Waals surface area contributed by atoms with Crippen molar-refractivity contribution in [3.05, 3.63) is 11.5 Å². The SMILES string of the molecule is O=C([N-]c1c[n+](N2CCOCC2)no1)C1CCCCC1. The molecule has 0 unspecified atom stereocenters. The van der Waals surface area contributed by atoms with E-state index in [0.29, 0.717) is 13.2 Å². The summed E-state index contributed by atoms with van der Waals surface area (Å²) in [6.45, 7) is 2.86. The highest BCUT2D eigenvalue weighted by Gasteiger charge is 2.22. The molecule has 110 valence electrons. The van der Waals surface area contributed by atoms with Crippen LogP contribution < -0.4 is 9.80 Å². The number of hydrogen-bond acceptors (Lipinski definition) is 5. The molecule has 1 aliphatic heterocycles. The van der Waals surface area contributed by atoms with Crippen molar-refractivity contribution in [1.29, 1.82) is 0 Å². The van der Waals surface area contributed by atoms with Crippen LogP contribution in [0.5, 0.6) is 0 Å². The zero-order valence-electron chi connectivity index (χ0n) is 11.5. The van der Waals surface area contributed by atoms with Crippen LogP contribution in [0.15, 0.2) is 10.7 Å². The maximum absolute atomic E-state index is 12.1. The average Bonchev–Trinajstić information content (AvgIpc) is 2.97. The molecular formula is C13H20N4O3. The topological polar surface area (TPSA) is 73.6 Å². The Morgan fingerprint density at radius 3 is 2.80 bits per heavy atom. The summed E-state index contributed by atoms with van der Waals surface area (Å²) in [5.41, 5.74) is 0. The molecule has 3 rings (SSSR count). The molecule has 1 saturated heterocycles. The van der Waals surface area contributed by atoms with Gasteiger partial charge in [-0.05, 0) is 12.8 Å². The lowest BCUT2D eigenvalue weighted by Gasteiger charge is -2.26. The van der Waals surface area contributed by atoms with Crippen molar-refractivity contribution < 1.29 is 18.8 Å². The summed E-state index contributed by atoms with van der Waals surface area (Å²) in [5, 5.41) is 9.95. The molecule has 2 aliphatic rings. The van der Waals surface area contributed by atoms with Gasteiger partial charge in [0.05, 0.1) is 37.0 Å². The highest BCUT2D eigenvalue weighted by Crippen LogP contribution is 2.28. The van der Waals surface area contributed by atoms with E-state index < -0.39 is 0 Å². The highest BCUT2D eigenvalue weighted by molar-refractivity contribution is 5.96. The van der Waals surface area contributed by atoms with E-state index in [1.54, 1.807) is 11.0 Å². The largest absolute Gasteiger partial charge is 0.588 e. The number of nitrogens with zero attached hydrogens (tertiary/aromatic N) is 4. The first-order chi connectivity index (χ1) is 9.83. The van der Waals surface area contributed by atoms with E-state index in [1.807, 2.05) is 5.01 Å². The fourth-order valence-electron chi connectivity index (χ4n) is 2.72. The van der Waals surface area contributed by atoms with Gasteiger partial charge in [0.2, 0.25) is 5.27 Å². The van der Waals surface area contributed by atoms with Crippen molar-refractivity contribution in [3.8, 4) is 0 Å². The number of aromatic nitrogens is 2. The number of carbonyl (C=O) groups is 1. The Hall–Kier alpha value is -1.63. The predicted molar refractivity (Wildman–Crippen MR) is 70.1 cm³/mol. The molecule has 20 heavy (non-hydrogen) atoms. The minimum absolute atomic E-state index is 0.0608. The van der Waals surface area contributed by atoms with E-state index in [2.05, 4.69) is 10.6 Å². The normalized spacial score (nSPS) is 20.9. The maximum Gasteiger partial charge on any atom is 0.257 e. The molecule has 2 fully saturated rings. The molecule has 1 amide bonds.